The molecule has 0 spiro atoms. The maximum atomic E-state index is 12.1. The molecule has 2 aliphatic rings. The van der Waals surface area contributed by atoms with Crippen molar-refractivity contribution in [1.82, 2.24) is 15.6 Å². The fourth-order valence-electron chi connectivity index (χ4n) is 4.64. The summed E-state index contributed by atoms with van der Waals surface area (Å²) in [5.74, 6) is 0.787. The molecule has 2 aromatic rings. The number of pyridine rings is 1. The fourth-order valence-corrected chi connectivity index (χ4v) is 4.64. The van der Waals surface area contributed by atoms with Gasteiger partial charge in [-0.2, -0.15) is 0 Å². The molecule has 3 heterocycles. The van der Waals surface area contributed by atoms with E-state index < -0.39 is 0 Å². The summed E-state index contributed by atoms with van der Waals surface area (Å²) in [6.45, 7) is 2.90. The maximum Gasteiger partial charge on any atom is 0.227 e. The fraction of sp³-hybridized carbons (Fsp3) is 0.500. The lowest BCUT2D eigenvalue weighted by molar-refractivity contribution is -0.118. The lowest BCUT2D eigenvalue weighted by Gasteiger charge is -2.38. The Morgan fingerprint density at radius 1 is 1.23 bits per heavy atom. The van der Waals surface area contributed by atoms with Crippen molar-refractivity contribution in [3.8, 4) is 5.88 Å². The zero-order chi connectivity index (χ0) is 21.1. The van der Waals surface area contributed by atoms with Crippen LogP contribution in [0.5, 0.6) is 5.88 Å². The van der Waals surface area contributed by atoms with Crippen LogP contribution in [0.1, 0.15) is 55.5 Å². The highest BCUT2D eigenvalue weighted by Crippen LogP contribution is 2.32. The first-order valence-electron chi connectivity index (χ1n) is 11.0. The van der Waals surface area contributed by atoms with E-state index in [0.29, 0.717) is 37.4 Å². The SMILES string of the molecule is CCC1CCC(NCc2cc3c(nc2OC)CCC(=O)N3C)C(c2ccccc2)N1. The minimum Gasteiger partial charge on any atom is -0.481 e. The van der Waals surface area contributed by atoms with E-state index in [4.69, 9.17) is 9.72 Å². The minimum absolute atomic E-state index is 0.139. The number of methoxy groups -OCH3 is 1. The summed E-state index contributed by atoms with van der Waals surface area (Å²) in [5.41, 5.74) is 4.14. The molecule has 30 heavy (non-hydrogen) atoms. The van der Waals surface area contributed by atoms with Gasteiger partial charge in [-0.15, -0.1) is 0 Å². The molecule has 6 nitrogen and oxygen atoms in total. The number of fused-ring (bicyclic) bond motifs is 1. The van der Waals surface area contributed by atoms with E-state index in [1.54, 1.807) is 12.0 Å². The van der Waals surface area contributed by atoms with Crippen molar-refractivity contribution in [2.24, 2.45) is 0 Å². The molecule has 4 rings (SSSR count). The first kappa shape index (κ1) is 20.8. The minimum atomic E-state index is 0.139. The number of hydrogen-bond donors (Lipinski definition) is 2. The highest BCUT2D eigenvalue weighted by Gasteiger charge is 2.30. The zero-order valence-corrected chi connectivity index (χ0v) is 18.1. The quantitative estimate of drug-likeness (QED) is 0.767. The molecule has 1 saturated heterocycles. The van der Waals surface area contributed by atoms with Crippen molar-refractivity contribution in [1.29, 1.82) is 0 Å². The highest BCUT2D eigenvalue weighted by atomic mass is 16.5. The van der Waals surface area contributed by atoms with Crippen LogP contribution in [0.15, 0.2) is 36.4 Å². The normalized spacial score (nSPS) is 23.9. The van der Waals surface area contributed by atoms with E-state index >= 15 is 0 Å². The number of nitrogens with zero attached hydrogens (tertiary/aromatic N) is 2. The standard InChI is InChI=1S/C24H32N4O2/c1-4-18-10-11-20(23(26-18)16-8-6-5-7-9-16)25-15-17-14-21-19(27-24(17)30-3)12-13-22(29)28(21)2/h5-9,14,18,20,23,25-26H,4,10-13,15H2,1-3H3. The lowest BCUT2D eigenvalue weighted by atomic mass is 9.88. The molecule has 1 amide bonds. The summed E-state index contributed by atoms with van der Waals surface area (Å²) >= 11 is 0. The third-order valence-corrected chi connectivity index (χ3v) is 6.47. The van der Waals surface area contributed by atoms with Crippen LogP contribution in [-0.4, -0.2) is 37.1 Å². The monoisotopic (exact) mass is 408 g/mol. The Hall–Kier alpha value is -2.44. The third kappa shape index (κ3) is 4.20. The van der Waals surface area contributed by atoms with Crippen LogP contribution >= 0.6 is 0 Å². The molecule has 3 unspecified atom stereocenters. The highest BCUT2D eigenvalue weighted by molar-refractivity contribution is 5.95. The number of nitrogens with one attached hydrogen (secondary N) is 2. The van der Waals surface area contributed by atoms with Gasteiger partial charge in [-0.3, -0.25) is 4.79 Å². The van der Waals surface area contributed by atoms with E-state index in [1.165, 1.54) is 5.56 Å². The number of rotatable bonds is 6. The first-order chi connectivity index (χ1) is 14.6. The number of carbonyl (C=O) groups excluding carboxylic acids is 1. The van der Waals surface area contributed by atoms with Crippen LogP contribution in [0.2, 0.25) is 0 Å². The molecule has 0 bridgehead atoms. The number of piperidine rings is 1. The molecular formula is C24H32N4O2. The predicted octanol–water partition coefficient (Wildman–Crippen LogP) is 3.36. The van der Waals surface area contributed by atoms with Crippen LogP contribution in [-0.2, 0) is 17.8 Å². The molecule has 2 N–H and O–H groups in total. The second-order valence-corrected chi connectivity index (χ2v) is 8.30. The summed E-state index contributed by atoms with van der Waals surface area (Å²) in [6, 6.07) is 13.9. The first-order valence-corrected chi connectivity index (χ1v) is 11.0. The maximum absolute atomic E-state index is 12.1. The van der Waals surface area contributed by atoms with Gasteiger partial charge in [0, 0.05) is 50.1 Å². The van der Waals surface area contributed by atoms with Gasteiger partial charge < -0.3 is 20.3 Å². The number of anilines is 1. The van der Waals surface area contributed by atoms with Gasteiger partial charge in [0.1, 0.15) is 0 Å². The lowest BCUT2D eigenvalue weighted by Crippen LogP contribution is -2.49. The van der Waals surface area contributed by atoms with Crippen LogP contribution in [0.25, 0.3) is 0 Å². The second kappa shape index (κ2) is 9.14. The van der Waals surface area contributed by atoms with Gasteiger partial charge in [-0.25, -0.2) is 4.98 Å². The van der Waals surface area contributed by atoms with Crippen molar-refractivity contribution in [2.45, 2.75) is 63.7 Å². The molecule has 0 radical (unpaired) electrons. The van der Waals surface area contributed by atoms with Gasteiger partial charge in [0.2, 0.25) is 11.8 Å². The van der Waals surface area contributed by atoms with E-state index in [1.807, 2.05) is 7.05 Å². The van der Waals surface area contributed by atoms with Crippen LogP contribution in [0.3, 0.4) is 0 Å². The number of hydrogen-bond acceptors (Lipinski definition) is 5. The summed E-state index contributed by atoms with van der Waals surface area (Å²) in [5, 5.41) is 7.59. The second-order valence-electron chi connectivity index (χ2n) is 8.30. The van der Waals surface area contributed by atoms with Crippen molar-refractivity contribution < 1.29 is 9.53 Å². The Kier molecular flexibility index (Phi) is 6.35. The Balaban J connectivity index is 1.55. The molecule has 0 saturated carbocycles. The largest absolute Gasteiger partial charge is 0.481 e. The molecule has 3 atom stereocenters. The number of carbonyl (C=O) groups is 1. The van der Waals surface area contributed by atoms with Gasteiger partial charge in [0.15, 0.2) is 0 Å². The summed E-state index contributed by atoms with van der Waals surface area (Å²) in [7, 11) is 3.49. The number of amides is 1. The molecular weight excluding hydrogens is 376 g/mol. The number of aryl methyl sites for hydroxylation is 1. The number of benzene rings is 1. The van der Waals surface area contributed by atoms with Crippen LogP contribution in [0, 0.1) is 0 Å². The van der Waals surface area contributed by atoms with E-state index in [0.717, 1.165) is 36.2 Å². The van der Waals surface area contributed by atoms with Gasteiger partial charge in [-0.05, 0) is 30.9 Å². The van der Waals surface area contributed by atoms with Gasteiger partial charge in [0.05, 0.1) is 18.5 Å². The van der Waals surface area contributed by atoms with E-state index in [9.17, 15) is 4.79 Å². The van der Waals surface area contributed by atoms with E-state index in [2.05, 4.69) is 54.0 Å². The molecule has 0 aliphatic carbocycles. The molecule has 2 aliphatic heterocycles. The van der Waals surface area contributed by atoms with Crippen molar-refractivity contribution >= 4 is 11.6 Å². The molecule has 1 aromatic heterocycles. The predicted molar refractivity (Wildman–Crippen MR) is 119 cm³/mol. The van der Waals surface area contributed by atoms with Crippen LogP contribution in [0.4, 0.5) is 5.69 Å². The molecule has 6 heteroatoms. The van der Waals surface area contributed by atoms with Gasteiger partial charge in [0.25, 0.3) is 0 Å². The Morgan fingerprint density at radius 2 is 2.03 bits per heavy atom. The summed E-state index contributed by atoms with van der Waals surface area (Å²) < 4.78 is 5.59. The topological polar surface area (TPSA) is 66.5 Å². The van der Waals surface area contributed by atoms with Crippen molar-refractivity contribution in [3.63, 3.8) is 0 Å². The van der Waals surface area contributed by atoms with Crippen LogP contribution < -0.4 is 20.3 Å². The van der Waals surface area contributed by atoms with Crippen molar-refractivity contribution in [3.05, 3.63) is 53.2 Å². The smallest absolute Gasteiger partial charge is 0.227 e. The Labute approximate surface area is 179 Å². The average molecular weight is 409 g/mol. The van der Waals surface area contributed by atoms with Gasteiger partial charge in [-0.1, -0.05) is 37.3 Å². The number of aromatic nitrogens is 1. The molecule has 1 fully saturated rings. The van der Waals surface area contributed by atoms with E-state index in [-0.39, 0.29) is 11.9 Å². The Bertz CT molecular complexity index is 886. The average Bonchev–Trinajstić information content (AvgIpc) is 2.80. The zero-order valence-electron chi connectivity index (χ0n) is 18.1. The van der Waals surface area contributed by atoms with Gasteiger partial charge >= 0.3 is 0 Å². The number of ether oxygens (including phenoxy) is 1. The summed E-state index contributed by atoms with van der Waals surface area (Å²) in [4.78, 5) is 18.6. The molecule has 160 valence electrons. The Morgan fingerprint density at radius 3 is 2.77 bits per heavy atom. The summed E-state index contributed by atoms with van der Waals surface area (Å²) in [6.07, 6.45) is 4.59. The van der Waals surface area contributed by atoms with Crippen molar-refractivity contribution in [2.75, 3.05) is 19.1 Å². The molecule has 1 aromatic carbocycles. The third-order valence-electron chi connectivity index (χ3n) is 6.47.